The second kappa shape index (κ2) is 9.13. The molecule has 0 bridgehead atoms. The minimum Gasteiger partial charge on any atom is -0.461 e. The van der Waals surface area contributed by atoms with Crippen molar-refractivity contribution in [2.24, 2.45) is 5.92 Å². The Kier molecular flexibility index (Phi) is 7.41. The number of allylic oxidation sites excluding steroid dienone is 3. The van der Waals surface area contributed by atoms with Crippen LogP contribution in [-0.4, -0.2) is 12.6 Å². The Bertz CT molecular complexity index is 458. The van der Waals surface area contributed by atoms with E-state index in [-0.39, 0.29) is 5.97 Å². The fourth-order valence-electron chi connectivity index (χ4n) is 1.60. The quantitative estimate of drug-likeness (QED) is 0.546. The second-order valence-electron chi connectivity index (χ2n) is 5.11. The molecule has 0 heterocycles. The molecule has 0 saturated heterocycles. The zero-order chi connectivity index (χ0) is 14.8. The Hall–Kier alpha value is -1.83. The van der Waals surface area contributed by atoms with Crippen molar-refractivity contribution >= 4 is 5.97 Å². The van der Waals surface area contributed by atoms with Crippen molar-refractivity contribution in [3.63, 3.8) is 0 Å². The van der Waals surface area contributed by atoms with Crippen molar-refractivity contribution in [1.82, 2.24) is 0 Å². The van der Waals surface area contributed by atoms with Gasteiger partial charge in [-0.3, -0.25) is 4.79 Å². The summed E-state index contributed by atoms with van der Waals surface area (Å²) in [4.78, 5) is 11.7. The largest absolute Gasteiger partial charge is 0.461 e. The second-order valence-corrected chi connectivity index (χ2v) is 5.11. The number of esters is 1. The third-order valence-corrected chi connectivity index (χ3v) is 3.12. The maximum absolute atomic E-state index is 11.7. The van der Waals surface area contributed by atoms with Crippen molar-refractivity contribution < 1.29 is 9.53 Å². The summed E-state index contributed by atoms with van der Waals surface area (Å²) in [5, 5.41) is 0. The highest BCUT2D eigenvalue weighted by atomic mass is 16.5. The van der Waals surface area contributed by atoms with Crippen molar-refractivity contribution in [2.45, 2.75) is 33.6 Å². The molecule has 1 aromatic carbocycles. The van der Waals surface area contributed by atoms with E-state index < -0.39 is 0 Å². The van der Waals surface area contributed by atoms with Crippen molar-refractivity contribution in [3.05, 3.63) is 59.7 Å². The Morgan fingerprint density at radius 2 is 2.00 bits per heavy atom. The average Bonchev–Trinajstić information content (AvgIpc) is 2.46. The molecule has 0 N–H and O–H groups in total. The monoisotopic (exact) mass is 272 g/mol. The van der Waals surface area contributed by atoms with Crippen LogP contribution >= 0.6 is 0 Å². The lowest BCUT2D eigenvalue weighted by Crippen LogP contribution is -2.09. The van der Waals surface area contributed by atoms with Gasteiger partial charge in [-0.1, -0.05) is 68.8 Å². The summed E-state index contributed by atoms with van der Waals surface area (Å²) in [6.07, 6.45) is 7.66. The first kappa shape index (κ1) is 16.2. The molecule has 20 heavy (non-hydrogen) atoms. The first-order valence-corrected chi connectivity index (χ1v) is 7.15. The van der Waals surface area contributed by atoms with Crippen LogP contribution in [0.15, 0.2) is 54.1 Å². The molecule has 0 aliphatic heterocycles. The lowest BCUT2D eigenvalue weighted by molar-refractivity contribution is -0.141. The molecule has 2 nitrogen and oxygen atoms in total. The highest BCUT2D eigenvalue weighted by Crippen LogP contribution is 2.04. The molecule has 1 aromatic rings. The van der Waals surface area contributed by atoms with E-state index in [2.05, 4.69) is 19.9 Å². The van der Waals surface area contributed by atoms with Gasteiger partial charge in [0.05, 0.1) is 6.42 Å². The summed E-state index contributed by atoms with van der Waals surface area (Å²) in [6.45, 7) is 6.67. The number of benzene rings is 1. The summed E-state index contributed by atoms with van der Waals surface area (Å²) in [5.41, 5.74) is 2.03. The van der Waals surface area contributed by atoms with Crippen LogP contribution in [-0.2, 0) is 16.0 Å². The van der Waals surface area contributed by atoms with E-state index in [0.29, 0.717) is 18.9 Å². The molecule has 1 unspecified atom stereocenters. The van der Waals surface area contributed by atoms with E-state index in [0.717, 1.165) is 17.6 Å². The summed E-state index contributed by atoms with van der Waals surface area (Å²) in [5.74, 6) is 0.398. The number of hydrogen-bond donors (Lipinski definition) is 0. The Labute approximate surface area is 122 Å². The molecule has 0 fully saturated rings. The predicted molar refractivity (Wildman–Crippen MR) is 83.5 cm³/mol. The first-order valence-electron chi connectivity index (χ1n) is 7.15. The van der Waals surface area contributed by atoms with E-state index in [1.165, 1.54) is 0 Å². The van der Waals surface area contributed by atoms with Gasteiger partial charge in [0.15, 0.2) is 0 Å². The topological polar surface area (TPSA) is 26.3 Å². The minimum absolute atomic E-state index is 0.185. The predicted octanol–water partition coefficient (Wildman–Crippen LogP) is 4.32. The van der Waals surface area contributed by atoms with Crippen LogP contribution < -0.4 is 0 Å². The molecule has 0 aromatic heterocycles. The van der Waals surface area contributed by atoms with E-state index in [1.54, 1.807) is 0 Å². The molecule has 0 amide bonds. The lowest BCUT2D eigenvalue weighted by Gasteiger charge is -2.05. The SMILES string of the molecule is CCC(C)/C=C/C=C(\C)COC(=O)Cc1ccccc1. The van der Waals surface area contributed by atoms with E-state index in [4.69, 9.17) is 4.74 Å². The normalized spacial score (nSPS) is 13.4. The molecule has 108 valence electrons. The molecule has 0 aliphatic carbocycles. The highest BCUT2D eigenvalue weighted by molar-refractivity contribution is 5.72. The summed E-state index contributed by atoms with van der Waals surface area (Å²) in [6, 6.07) is 9.64. The fourth-order valence-corrected chi connectivity index (χ4v) is 1.60. The standard InChI is InChI=1S/C18H24O2/c1-4-15(2)9-8-10-16(3)14-20-18(19)13-17-11-6-5-7-12-17/h5-12,15H,4,13-14H2,1-3H3/b9-8+,16-10+. The van der Waals surface area contributed by atoms with E-state index >= 15 is 0 Å². The molecule has 0 aliphatic rings. The summed E-state index contributed by atoms with van der Waals surface area (Å²) < 4.78 is 5.25. The zero-order valence-electron chi connectivity index (χ0n) is 12.6. The lowest BCUT2D eigenvalue weighted by atomic mass is 10.1. The van der Waals surface area contributed by atoms with Gasteiger partial charge in [0, 0.05) is 0 Å². The number of rotatable bonds is 7. The number of carbonyl (C=O) groups is 1. The third kappa shape index (κ3) is 6.93. The number of hydrogen-bond acceptors (Lipinski definition) is 2. The van der Waals surface area contributed by atoms with E-state index in [1.807, 2.05) is 49.4 Å². The third-order valence-electron chi connectivity index (χ3n) is 3.12. The van der Waals surface area contributed by atoms with E-state index in [9.17, 15) is 4.79 Å². The molecular formula is C18H24O2. The zero-order valence-corrected chi connectivity index (χ0v) is 12.6. The van der Waals surface area contributed by atoms with Crippen molar-refractivity contribution in [1.29, 1.82) is 0 Å². The van der Waals surface area contributed by atoms with Crippen LogP contribution in [0.2, 0.25) is 0 Å². The first-order chi connectivity index (χ1) is 9.61. The molecule has 0 spiro atoms. The molecule has 1 rings (SSSR count). The summed E-state index contributed by atoms with van der Waals surface area (Å²) in [7, 11) is 0. The minimum atomic E-state index is -0.185. The van der Waals surface area contributed by atoms with Gasteiger partial charge in [-0.25, -0.2) is 0 Å². The van der Waals surface area contributed by atoms with Crippen LogP contribution in [0.4, 0.5) is 0 Å². The van der Waals surface area contributed by atoms with Gasteiger partial charge in [0.1, 0.15) is 6.61 Å². The maximum atomic E-state index is 11.7. The Balaban J connectivity index is 2.33. The number of carbonyl (C=O) groups excluding carboxylic acids is 1. The van der Waals surface area contributed by atoms with Gasteiger partial charge in [-0.2, -0.15) is 0 Å². The van der Waals surface area contributed by atoms with Gasteiger partial charge in [0.25, 0.3) is 0 Å². The summed E-state index contributed by atoms with van der Waals surface area (Å²) >= 11 is 0. The van der Waals surface area contributed by atoms with Gasteiger partial charge in [0.2, 0.25) is 0 Å². The fraction of sp³-hybridized carbons (Fsp3) is 0.389. The van der Waals surface area contributed by atoms with Crippen LogP contribution in [0.1, 0.15) is 32.8 Å². The van der Waals surface area contributed by atoms with Crippen LogP contribution in [0, 0.1) is 5.92 Å². The van der Waals surface area contributed by atoms with Crippen LogP contribution in [0.3, 0.4) is 0 Å². The molecule has 0 saturated carbocycles. The highest BCUT2D eigenvalue weighted by Gasteiger charge is 2.04. The van der Waals surface area contributed by atoms with Gasteiger partial charge < -0.3 is 4.74 Å². The smallest absolute Gasteiger partial charge is 0.310 e. The Morgan fingerprint density at radius 3 is 2.65 bits per heavy atom. The number of ether oxygens (including phenoxy) is 1. The Morgan fingerprint density at radius 1 is 1.30 bits per heavy atom. The maximum Gasteiger partial charge on any atom is 0.310 e. The molecule has 2 heteroatoms. The molecular weight excluding hydrogens is 248 g/mol. The molecule has 0 radical (unpaired) electrons. The van der Waals surface area contributed by atoms with Crippen molar-refractivity contribution in [3.8, 4) is 0 Å². The van der Waals surface area contributed by atoms with Gasteiger partial charge in [-0.05, 0) is 24.0 Å². The molecule has 1 atom stereocenters. The van der Waals surface area contributed by atoms with Crippen LogP contribution in [0.5, 0.6) is 0 Å². The van der Waals surface area contributed by atoms with Crippen LogP contribution in [0.25, 0.3) is 0 Å². The van der Waals surface area contributed by atoms with Gasteiger partial charge >= 0.3 is 5.97 Å². The van der Waals surface area contributed by atoms with Crippen molar-refractivity contribution in [2.75, 3.05) is 6.61 Å². The van der Waals surface area contributed by atoms with Gasteiger partial charge in [-0.15, -0.1) is 0 Å². The average molecular weight is 272 g/mol.